The number of amides is 3. The van der Waals surface area contributed by atoms with Crippen molar-refractivity contribution in [1.29, 1.82) is 0 Å². The predicted octanol–water partition coefficient (Wildman–Crippen LogP) is 3.62. The zero-order valence-electron chi connectivity index (χ0n) is 15.8. The van der Waals surface area contributed by atoms with Crippen molar-refractivity contribution in [2.75, 3.05) is 23.8 Å². The van der Waals surface area contributed by atoms with Crippen LogP contribution < -0.4 is 10.2 Å². The van der Waals surface area contributed by atoms with E-state index in [1.807, 2.05) is 25.1 Å². The van der Waals surface area contributed by atoms with Crippen molar-refractivity contribution >= 4 is 40.7 Å². The molecule has 2 aromatic carbocycles. The summed E-state index contributed by atoms with van der Waals surface area (Å²) in [5.74, 6) is -0.624. The fourth-order valence-electron chi connectivity index (χ4n) is 3.16. The van der Waals surface area contributed by atoms with Gasteiger partial charge in [-0.15, -0.1) is 0 Å². The van der Waals surface area contributed by atoms with Crippen LogP contribution in [-0.4, -0.2) is 36.2 Å². The van der Waals surface area contributed by atoms with Crippen molar-refractivity contribution in [3.05, 3.63) is 59.1 Å². The smallest absolute Gasteiger partial charge is 0.244 e. The second-order valence-corrected chi connectivity index (χ2v) is 7.21. The molecule has 3 amide bonds. The molecule has 28 heavy (non-hydrogen) atoms. The van der Waals surface area contributed by atoms with Crippen LogP contribution in [0.2, 0.25) is 5.02 Å². The van der Waals surface area contributed by atoms with E-state index >= 15 is 0 Å². The third-order valence-electron chi connectivity index (χ3n) is 4.95. The molecule has 1 aliphatic heterocycles. The van der Waals surface area contributed by atoms with E-state index in [4.69, 9.17) is 11.6 Å². The van der Waals surface area contributed by atoms with Gasteiger partial charge in [0.1, 0.15) is 6.54 Å². The molecule has 146 valence electrons. The Morgan fingerprint density at radius 3 is 2.54 bits per heavy atom. The van der Waals surface area contributed by atoms with E-state index in [1.54, 1.807) is 42.3 Å². The zero-order chi connectivity index (χ0) is 20.3. The average Bonchev–Trinajstić information content (AvgIpc) is 2.70. The van der Waals surface area contributed by atoms with Crippen LogP contribution in [-0.2, 0) is 14.4 Å². The number of hydrogen-bond acceptors (Lipinski definition) is 3. The Kier molecular flexibility index (Phi) is 5.99. The highest BCUT2D eigenvalue weighted by Crippen LogP contribution is 2.29. The van der Waals surface area contributed by atoms with Gasteiger partial charge in [-0.05, 0) is 36.8 Å². The van der Waals surface area contributed by atoms with Crippen LogP contribution in [0.15, 0.2) is 48.5 Å². The number of nitrogens with zero attached hydrogens (tertiary/aromatic N) is 2. The van der Waals surface area contributed by atoms with Gasteiger partial charge in [0.25, 0.3) is 0 Å². The van der Waals surface area contributed by atoms with E-state index < -0.39 is 0 Å². The highest BCUT2D eigenvalue weighted by molar-refractivity contribution is 6.30. The molecule has 6 nitrogen and oxygen atoms in total. The number of carbonyl (C=O) groups excluding carboxylic acids is 3. The number of para-hydroxylation sites is 2. The zero-order valence-corrected chi connectivity index (χ0v) is 16.6. The number of nitrogens with one attached hydrogen (secondary N) is 1. The summed E-state index contributed by atoms with van der Waals surface area (Å²) in [6.07, 6.45) is 0.117. The molecule has 0 bridgehead atoms. The summed E-state index contributed by atoms with van der Waals surface area (Å²) in [6, 6.07) is 14.3. The molecular formula is C21H22ClN3O3. The van der Waals surface area contributed by atoms with Gasteiger partial charge >= 0.3 is 0 Å². The molecule has 0 saturated heterocycles. The minimum atomic E-state index is -0.247. The van der Waals surface area contributed by atoms with E-state index in [0.717, 1.165) is 5.56 Å². The quantitative estimate of drug-likeness (QED) is 0.834. The molecule has 1 N–H and O–H groups in total. The maximum absolute atomic E-state index is 12.7. The largest absolute Gasteiger partial charge is 0.339 e. The summed E-state index contributed by atoms with van der Waals surface area (Å²) in [7, 11) is 1.72. The lowest BCUT2D eigenvalue weighted by molar-refractivity contribution is -0.133. The molecule has 7 heteroatoms. The van der Waals surface area contributed by atoms with Gasteiger partial charge in [-0.25, -0.2) is 0 Å². The maximum Gasteiger partial charge on any atom is 0.244 e. The maximum atomic E-state index is 12.7. The highest BCUT2D eigenvalue weighted by atomic mass is 35.5. The molecule has 0 aromatic heterocycles. The molecule has 0 saturated carbocycles. The lowest BCUT2D eigenvalue weighted by Gasteiger charge is -2.29. The minimum absolute atomic E-state index is 0.0398. The second kappa shape index (κ2) is 8.44. The van der Waals surface area contributed by atoms with Gasteiger partial charge in [0, 0.05) is 24.9 Å². The molecular weight excluding hydrogens is 378 g/mol. The van der Waals surface area contributed by atoms with E-state index in [9.17, 15) is 14.4 Å². The molecule has 1 aliphatic rings. The normalized spacial score (nSPS) is 14.1. The van der Waals surface area contributed by atoms with Gasteiger partial charge < -0.3 is 15.1 Å². The van der Waals surface area contributed by atoms with Gasteiger partial charge in [0.2, 0.25) is 17.7 Å². The first-order valence-corrected chi connectivity index (χ1v) is 9.45. The highest BCUT2D eigenvalue weighted by Gasteiger charge is 2.27. The van der Waals surface area contributed by atoms with E-state index in [0.29, 0.717) is 16.4 Å². The summed E-state index contributed by atoms with van der Waals surface area (Å²) in [4.78, 5) is 40.2. The van der Waals surface area contributed by atoms with E-state index in [1.165, 1.54) is 4.90 Å². The number of rotatable bonds is 5. The van der Waals surface area contributed by atoms with Gasteiger partial charge in [0.05, 0.1) is 17.4 Å². The van der Waals surface area contributed by atoms with Crippen LogP contribution in [0, 0.1) is 0 Å². The van der Waals surface area contributed by atoms with Crippen molar-refractivity contribution in [1.82, 2.24) is 4.90 Å². The van der Waals surface area contributed by atoms with Crippen molar-refractivity contribution in [3.63, 3.8) is 0 Å². The Balaban J connectivity index is 1.62. The van der Waals surface area contributed by atoms with Crippen molar-refractivity contribution in [2.45, 2.75) is 25.8 Å². The number of carbonyl (C=O) groups is 3. The van der Waals surface area contributed by atoms with Crippen LogP contribution in [0.1, 0.15) is 31.4 Å². The van der Waals surface area contributed by atoms with E-state index in [-0.39, 0.29) is 43.1 Å². The van der Waals surface area contributed by atoms with Crippen LogP contribution in [0.3, 0.4) is 0 Å². The molecule has 0 aliphatic carbocycles. The van der Waals surface area contributed by atoms with Crippen LogP contribution in [0.4, 0.5) is 11.4 Å². The fraction of sp³-hybridized carbons (Fsp3) is 0.286. The predicted molar refractivity (Wildman–Crippen MR) is 109 cm³/mol. The van der Waals surface area contributed by atoms with Crippen molar-refractivity contribution in [3.8, 4) is 0 Å². The summed E-state index contributed by atoms with van der Waals surface area (Å²) < 4.78 is 0. The Hall–Kier alpha value is -2.86. The lowest BCUT2D eigenvalue weighted by atomic mass is 10.1. The van der Waals surface area contributed by atoms with E-state index in [2.05, 4.69) is 5.32 Å². The number of benzene rings is 2. The third-order valence-corrected chi connectivity index (χ3v) is 5.20. The Bertz CT molecular complexity index is 898. The summed E-state index contributed by atoms with van der Waals surface area (Å²) in [6.45, 7) is 1.88. The third kappa shape index (κ3) is 4.34. The molecule has 0 radical (unpaired) electrons. The topological polar surface area (TPSA) is 69.7 Å². The first-order chi connectivity index (χ1) is 13.4. The van der Waals surface area contributed by atoms with Gasteiger partial charge in [-0.3, -0.25) is 14.4 Å². The van der Waals surface area contributed by atoms with Gasteiger partial charge in [0.15, 0.2) is 0 Å². The average molecular weight is 400 g/mol. The Morgan fingerprint density at radius 2 is 1.82 bits per heavy atom. The summed E-state index contributed by atoms with van der Waals surface area (Å²) in [5, 5.41) is 3.39. The number of anilines is 2. The molecule has 0 spiro atoms. The Labute approximate surface area is 169 Å². The summed E-state index contributed by atoms with van der Waals surface area (Å²) >= 11 is 5.91. The first kappa shape index (κ1) is 19.9. The van der Waals surface area contributed by atoms with Gasteiger partial charge in [-0.1, -0.05) is 35.9 Å². The molecule has 1 atom stereocenters. The lowest BCUT2D eigenvalue weighted by Crippen LogP contribution is -2.42. The fourth-order valence-corrected chi connectivity index (χ4v) is 3.29. The number of hydrogen-bond donors (Lipinski definition) is 1. The van der Waals surface area contributed by atoms with Crippen LogP contribution in [0.25, 0.3) is 0 Å². The minimum Gasteiger partial charge on any atom is -0.339 e. The number of halogens is 1. The molecule has 3 rings (SSSR count). The molecule has 2 aromatic rings. The Morgan fingerprint density at radius 1 is 1.14 bits per heavy atom. The molecule has 1 heterocycles. The van der Waals surface area contributed by atoms with Gasteiger partial charge in [-0.2, -0.15) is 0 Å². The molecule has 1 unspecified atom stereocenters. The monoisotopic (exact) mass is 399 g/mol. The van der Waals surface area contributed by atoms with Crippen molar-refractivity contribution in [2.24, 2.45) is 0 Å². The SMILES string of the molecule is CC(c1ccc(Cl)cc1)N(C)C(=O)CCC(=O)N1CC(=O)Nc2ccccc21. The second-order valence-electron chi connectivity index (χ2n) is 6.78. The van der Waals surface area contributed by atoms with Crippen LogP contribution in [0.5, 0.6) is 0 Å². The molecule has 0 fully saturated rings. The standard InChI is InChI=1S/C21H22ClN3O3/c1-14(15-7-9-16(22)10-8-15)24(2)20(27)11-12-21(28)25-13-19(26)23-17-5-3-4-6-18(17)25/h3-10,14H,11-13H2,1-2H3,(H,23,26). The number of fused-ring (bicyclic) bond motifs is 1. The van der Waals surface area contributed by atoms with Crippen molar-refractivity contribution < 1.29 is 14.4 Å². The first-order valence-electron chi connectivity index (χ1n) is 9.07. The van der Waals surface area contributed by atoms with Crippen LogP contribution >= 0.6 is 11.6 Å². The summed E-state index contributed by atoms with van der Waals surface area (Å²) in [5.41, 5.74) is 2.22.